The number of carbonyl (C=O) groups is 2. The van der Waals surface area contributed by atoms with Gasteiger partial charge in [-0.1, -0.05) is 39.8 Å². The molecule has 0 spiro atoms. The lowest BCUT2D eigenvalue weighted by Gasteiger charge is -2.16. The predicted molar refractivity (Wildman–Crippen MR) is 119 cm³/mol. The van der Waals surface area contributed by atoms with Crippen molar-refractivity contribution in [1.29, 1.82) is 0 Å². The molecule has 0 N–H and O–H groups in total. The maximum Gasteiger partial charge on any atom is 0.262 e. The summed E-state index contributed by atoms with van der Waals surface area (Å²) >= 11 is 4.55. The summed E-state index contributed by atoms with van der Waals surface area (Å²) in [6, 6.07) is 15.5. The quantitative estimate of drug-likeness (QED) is 0.235. The smallest absolute Gasteiger partial charge is 0.262 e. The number of thioether (sulfide) groups is 1. The molecule has 3 heterocycles. The number of hydrogen-bond donors (Lipinski definition) is 0. The summed E-state index contributed by atoms with van der Waals surface area (Å²) in [6.07, 6.45) is 1.54. The number of furan rings is 1. The Balaban J connectivity index is 1.52. The molecule has 0 radical (unpaired) electrons. The van der Waals surface area contributed by atoms with Gasteiger partial charge in [0.05, 0.1) is 40.7 Å². The molecule has 31 heavy (non-hydrogen) atoms. The first-order chi connectivity index (χ1) is 15.0. The first kappa shape index (κ1) is 19.8. The van der Waals surface area contributed by atoms with Crippen LogP contribution in [0.15, 0.2) is 79.7 Å². The minimum atomic E-state index is -0.349. The minimum absolute atomic E-state index is 0.0407. The van der Waals surface area contributed by atoms with Gasteiger partial charge < -0.3 is 4.42 Å². The van der Waals surface area contributed by atoms with E-state index < -0.39 is 0 Å². The molecule has 0 aliphatic carbocycles. The van der Waals surface area contributed by atoms with Crippen LogP contribution in [0.4, 0.5) is 0 Å². The maximum absolute atomic E-state index is 13.2. The summed E-state index contributed by atoms with van der Waals surface area (Å²) in [5.41, 5.74) is 1.08. The molecule has 0 saturated carbocycles. The molecule has 7 nitrogen and oxygen atoms in total. The van der Waals surface area contributed by atoms with Crippen LogP contribution in [-0.2, 0) is 6.54 Å². The van der Waals surface area contributed by atoms with Crippen LogP contribution in [0.2, 0.25) is 0 Å². The molecule has 2 aromatic heterocycles. The Kier molecular flexibility index (Phi) is 4.99. The molecule has 154 valence electrons. The lowest BCUT2D eigenvalue weighted by Crippen LogP contribution is -2.30. The summed E-state index contributed by atoms with van der Waals surface area (Å²) in [6.45, 7) is 0.186. The van der Waals surface area contributed by atoms with Crippen molar-refractivity contribution < 1.29 is 14.0 Å². The number of fused-ring (bicyclic) bond motifs is 2. The van der Waals surface area contributed by atoms with E-state index in [-0.39, 0.29) is 29.8 Å². The zero-order chi connectivity index (χ0) is 21.5. The van der Waals surface area contributed by atoms with Crippen LogP contribution < -0.4 is 5.56 Å². The van der Waals surface area contributed by atoms with E-state index in [0.29, 0.717) is 32.9 Å². The van der Waals surface area contributed by atoms with E-state index in [4.69, 9.17) is 4.42 Å². The topological polar surface area (TPSA) is 85.4 Å². The molecular formula is C22H14BrN3O4S. The van der Waals surface area contributed by atoms with E-state index in [2.05, 4.69) is 20.9 Å². The Labute approximate surface area is 188 Å². The van der Waals surface area contributed by atoms with Crippen LogP contribution in [0.3, 0.4) is 0 Å². The van der Waals surface area contributed by atoms with Crippen molar-refractivity contribution in [2.45, 2.75) is 11.7 Å². The number of amides is 2. The molecule has 0 fully saturated rings. The minimum Gasteiger partial charge on any atom is -0.467 e. The van der Waals surface area contributed by atoms with E-state index in [1.54, 1.807) is 48.5 Å². The molecule has 4 aromatic rings. The molecule has 0 bridgehead atoms. The SMILES string of the molecule is O=C1c2ccccc2C(=O)N1CSc1nc2ccc(Br)cc2c(=O)n1Cc1ccco1. The van der Waals surface area contributed by atoms with E-state index in [0.717, 1.165) is 16.2 Å². The van der Waals surface area contributed by atoms with Gasteiger partial charge in [-0.15, -0.1) is 0 Å². The highest BCUT2D eigenvalue weighted by molar-refractivity contribution is 9.10. The van der Waals surface area contributed by atoms with Crippen molar-refractivity contribution in [2.75, 3.05) is 5.88 Å². The summed E-state index contributed by atoms with van der Waals surface area (Å²) in [4.78, 5) is 44.4. The molecule has 5 rings (SSSR count). The highest BCUT2D eigenvalue weighted by Gasteiger charge is 2.35. The van der Waals surface area contributed by atoms with Gasteiger partial charge in [-0.25, -0.2) is 4.98 Å². The summed E-state index contributed by atoms with van der Waals surface area (Å²) in [7, 11) is 0. The van der Waals surface area contributed by atoms with E-state index >= 15 is 0 Å². The predicted octanol–water partition coefficient (Wildman–Crippen LogP) is 4.15. The summed E-state index contributed by atoms with van der Waals surface area (Å²) < 4.78 is 7.68. The molecule has 2 amide bonds. The molecule has 1 aliphatic heterocycles. The van der Waals surface area contributed by atoms with Crippen LogP contribution in [0.1, 0.15) is 26.5 Å². The van der Waals surface area contributed by atoms with Crippen molar-refractivity contribution in [3.05, 3.63) is 92.6 Å². The molecule has 1 aliphatic rings. The average molecular weight is 496 g/mol. The largest absolute Gasteiger partial charge is 0.467 e. The lowest BCUT2D eigenvalue weighted by atomic mass is 10.1. The number of hydrogen-bond acceptors (Lipinski definition) is 6. The van der Waals surface area contributed by atoms with Crippen LogP contribution in [0.5, 0.6) is 0 Å². The Morgan fingerprint density at radius 2 is 1.71 bits per heavy atom. The van der Waals surface area contributed by atoms with Gasteiger partial charge in [0.2, 0.25) is 0 Å². The average Bonchev–Trinajstić information content (AvgIpc) is 3.37. The number of nitrogens with zero attached hydrogens (tertiary/aromatic N) is 3. The van der Waals surface area contributed by atoms with Crippen molar-refractivity contribution in [3.8, 4) is 0 Å². The number of rotatable bonds is 5. The van der Waals surface area contributed by atoms with Gasteiger partial charge >= 0.3 is 0 Å². The molecular weight excluding hydrogens is 482 g/mol. The first-order valence-corrected chi connectivity index (χ1v) is 11.1. The van der Waals surface area contributed by atoms with Crippen molar-refractivity contribution in [1.82, 2.24) is 14.5 Å². The number of carbonyl (C=O) groups excluding carboxylic acids is 2. The third-order valence-electron chi connectivity index (χ3n) is 4.98. The third kappa shape index (κ3) is 3.49. The summed E-state index contributed by atoms with van der Waals surface area (Å²) in [5.74, 6) is -0.0600. The van der Waals surface area contributed by atoms with Gasteiger partial charge in [0.25, 0.3) is 17.4 Å². The van der Waals surface area contributed by atoms with Crippen LogP contribution in [-0.4, -0.2) is 32.1 Å². The van der Waals surface area contributed by atoms with Gasteiger partial charge in [-0.3, -0.25) is 23.9 Å². The fourth-order valence-corrected chi connectivity index (χ4v) is 4.77. The van der Waals surface area contributed by atoms with Gasteiger partial charge in [0.15, 0.2) is 5.16 Å². The number of imide groups is 1. The monoisotopic (exact) mass is 495 g/mol. The van der Waals surface area contributed by atoms with E-state index in [1.807, 2.05) is 6.07 Å². The van der Waals surface area contributed by atoms with Crippen LogP contribution in [0.25, 0.3) is 10.9 Å². The highest BCUT2D eigenvalue weighted by Crippen LogP contribution is 2.27. The van der Waals surface area contributed by atoms with Gasteiger partial charge in [-0.2, -0.15) is 0 Å². The van der Waals surface area contributed by atoms with Gasteiger partial charge in [0.1, 0.15) is 5.76 Å². The standard InChI is InChI=1S/C22H14BrN3O4S/c23-13-7-8-18-17(10-13)21(29)25(11-14-4-3-9-30-14)22(24-18)31-12-26-19(27)15-5-1-2-6-16(15)20(26)28/h1-10H,11-12H2. The molecule has 0 unspecified atom stereocenters. The zero-order valence-electron chi connectivity index (χ0n) is 15.9. The van der Waals surface area contributed by atoms with Gasteiger partial charge in [-0.05, 0) is 42.5 Å². The lowest BCUT2D eigenvalue weighted by molar-refractivity contribution is 0.0684. The zero-order valence-corrected chi connectivity index (χ0v) is 18.4. The van der Waals surface area contributed by atoms with Crippen molar-refractivity contribution >= 4 is 50.4 Å². The first-order valence-electron chi connectivity index (χ1n) is 9.33. The normalized spacial score (nSPS) is 13.3. The van der Waals surface area contributed by atoms with E-state index in [1.165, 1.54) is 15.7 Å². The van der Waals surface area contributed by atoms with Crippen LogP contribution >= 0.6 is 27.7 Å². The number of halogens is 1. The summed E-state index contributed by atoms with van der Waals surface area (Å²) in [5, 5.41) is 0.860. The molecule has 0 saturated heterocycles. The Morgan fingerprint density at radius 3 is 2.39 bits per heavy atom. The molecule has 0 atom stereocenters. The number of benzene rings is 2. The van der Waals surface area contributed by atoms with Crippen molar-refractivity contribution in [3.63, 3.8) is 0 Å². The Bertz CT molecular complexity index is 1360. The molecule has 9 heteroatoms. The van der Waals surface area contributed by atoms with Crippen molar-refractivity contribution in [2.24, 2.45) is 0 Å². The fourth-order valence-electron chi connectivity index (χ4n) is 3.46. The maximum atomic E-state index is 13.2. The van der Waals surface area contributed by atoms with E-state index in [9.17, 15) is 14.4 Å². The van der Waals surface area contributed by atoms with Gasteiger partial charge in [0, 0.05) is 4.47 Å². The Morgan fingerprint density at radius 1 is 0.968 bits per heavy atom. The fraction of sp³-hybridized carbons (Fsp3) is 0.0909. The number of aromatic nitrogens is 2. The second kappa shape index (κ2) is 7.82. The van der Waals surface area contributed by atoms with Crippen LogP contribution in [0, 0.1) is 0 Å². The second-order valence-electron chi connectivity index (χ2n) is 6.88. The highest BCUT2D eigenvalue weighted by atomic mass is 79.9. The molecule has 2 aromatic carbocycles. The third-order valence-corrected chi connectivity index (χ3v) is 6.43. The Hall–Kier alpha value is -3.17. The second-order valence-corrected chi connectivity index (χ2v) is 8.71.